The second kappa shape index (κ2) is 6.85. The molecule has 114 valence electrons. The largest absolute Gasteiger partial charge is 0.341 e. The smallest absolute Gasteiger partial charge is 0.219 e. The highest BCUT2D eigenvalue weighted by Gasteiger charge is 2.25. The van der Waals surface area contributed by atoms with Crippen LogP contribution in [0.3, 0.4) is 0 Å². The molecule has 4 heteroatoms. The molecule has 0 saturated carbocycles. The Balaban J connectivity index is 1.94. The lowest BCUT2D eigenvalue weighted by Gasteiger charge is -2.19. The van der Waals surface area contributed by atoms with Gasteiger partial charge in [-0.15, -0.1) is 0 Å². The van der Waals surface area contributed by atoms with Crippen molar-refractivity contribution in [1.82, 2.24) is 10.2 Å². The predicted molar refractivity (Wildman–Crippen MR) is 83.3 cm³/mol. The van der Waals surface area contributed by atoms with Gasteiger partial charge < -0.3 is 10.2 Å². The van der Waals surface area contributed by atoms with E-state index in [2.05, 4.69) is 5.32 Å². The summed E-state index contributed by atoms with van der Waals surface area (Å²) in [6, 6.07) is 8.43. The Kier molecular flexibility index (Phi) is 5.12. The van der Waals surface area contributed by atoms with E-state index in [4.69, 9.17) is 0 Å². The van der Waals surface area contributed by atoms with Gasteiger partial charge in [0.05, 0.1) is 5.92 Å². The molecule has 21 heavy (non-hydrogen) atoms. The van der Waals surface area contributed by atoms with E-state index >= 15 is 0 Å². The van der Waals surface area contributed by atoms with Gasteiger partial charge in [0.25, 0.3) is 0 Å². The van der Waals surface area contributed by atoms with Crippen LogP contribution in [-0.2, 0) is 9.59 Å². The topological polar surface area (TPSA) is 49.4 Å². The van der Waals surface area contributed by atoms with Crippen molar-refractivity contribution in [2.24, 2.45) is 0 Å². The van der Waals surface area contributed by atoms with Gasteiger partial charge in [-0.25, -0.2) is 0 Å². The van der Waals surface area contributed by atoms with Gasteiger partial charge in [0.2, 0.25) is 5.91 Å². The monoisotopic (exact) mass is 288 g/mol. The Morgan fingerprint density at radius 2 is 1.95 bits per heavy atom. The molecular weight excluding hydrogens is 264 g/mol. The first kappa shape index (κ1) is 15.7. The average molecular weight is 288 g/mol. The standard InChI is InChI=1S/C17H24N2O2/c1-12-4-6-15(7-5-12)17(13(2)20)10-18-16-8-9-19(11-16)14(3)21/h4-7,16-18H,8-11H2,1-3H3/t16-,17-/m0/s1. The fourth-order valence-corrected chi connectivity index (χ4v) is 2.79. The van der Waals surface area contributed by atoms with Crippen molar-refractivity contribution in [2.75, 3.05) is 19.6 Å². The summed E-state index contributed by atoms with van der Waals surface area (Å²) >= 11 is 0. The maximum Gasteiger partial charge on any atom is 0.219 e. The van der Waals surface area contributed by atoms with Crippen LogP contribution in [0.4, 0.5) is 0 Å². The highest BCUT2D eigenvalue weighted by Crippen LogP contribution is 2.18. The fraction of sp³-hybridized carbons (Fsp3) is 0.529. The van der Waals surface area contributed by atoms with E-state index in [1.54, 1.807) is 13.8 Å². The van der Waals surface area contributed by atoms with Crippen LogP contribution in [0.15, 0.2) is 24.3 Å². The number of ketones is 1. The van der Waals surface area contributed by atoms with Crippen LogP contribution < -0.4 is 5.32 Å². The molecule has 1 aromatic carbocycles. The van der Waals surface area contributed by atoms with E-state index in [1.807, 2.05) is 36.1 Å². The fourth-order valence-electron chi connectivity index (χ4n) is 2.79. The number of nitrogens with one attached hydrogen (secondary N) is 1. The Morgan fingerprint density at radius 1 is 1.29 bits per heavy atom. The number of carbonyl (C=O) groups excluding carboxylic acids is 2. The Labute approximate surface area is 126 Å². The molecule has 0 aliphatic carbocycles. The molecular formula is C17H24N2O2. The van der Waals surface area contributed by atoms with Crippen molar-refractivity contribution < 1.29 is 9.59 Å². The highest BCUT2D eigenvalue weighted by atomic mass is 16.2. The molecule has 1 amide bonds. The van der Waals surface area contributed by atoms with Crippen LogP contribution >= 0.6 is 0 Å². The summed E-state index contributed by atoms with van der Waals surface area (Å²) in [7, 11) is 0. The summed E-state index contributed by atoms with van der Waals surface area (Å²) < 4.78 is 0. The number of carbonyl (C=O) groups is 2. The van der Waals surface area contributed by atoms with Crippen LogP contribution in [0, 0.1) is 6.92 Å². The number of rotatable bonds is 5. The minimum absolute atomic E-state index is 0.114. The first-order valence-corrected chi connectivity index (χ1v) is 7.53. The Bertz CT molecular complexity index is 510. The summed E-state index contributed by atoms with van der Waals surface area (Å²) in [5.41, 5.74) is 2.25. The van der Waals surface area contributed by atoms with E-state index in [-0.39, 0.29) is 17.6 Å². The second-order valence-corrected chi connectivity index (χ2v) is 5.93. The van der Waals surface area contributed by atoms with E-state index in [0.29, 0.717) is 12.6 Å². The Morgan fingerprint density at radius 3 is 2.48 bits per heavy atom. The molecule has 1 aliphatic heterocycles. The molecule has 1 aliphatic rings. The van der Waals surface area contributed by atoms with Gasteiger partial charge in [-0.3, -0.25) is 9.59 Å². The number of Topliss-reactive ketones (excluding diaryl/α,β-unsaturated/α-hetero) is 1. The summed E-state index contributed by atoms with van der Waals surface area (Å²) in [5.74, 6) is 0.186. The quantitative estimate of drug-likeness (QED) is 0.900. The van der Waals surface area contributed by atoms with Gasteiger partial charge in [-0.05, 0) is 25.8 Å². The van der Waals surface area contributed by atoms with Gasteiger partial charge in [0, 0.05) is 32.6 Å². The lowest BCUT2D eigenvalue weighted by molar-refractivity contribution is -0.127. The molecule has 0 bridgehead atoms. The van der Waals surface area contributed by atoms with Gasteiger partial charge in [0.1, 0.15) is 5.78 Å². The normalized spacial score (nSPS) is 19.6. The average Bonchev–Trinajstić information content (AvgIpc) is 2.90. The third-order valence-corrected chi connectivity index (χ3v) is 4.21. The predicted octanol–water partition coefficient (Wildman–Crippen LogP) is 1.88. The van der Waals surface area contributed by atoms with E-state index in [0.717, 1.165) is 25.1 Å². The molecule has 0 aromatic heterocycles. The number of hydrogen-bond donors (Lipinski definition) is 1. The molecule has 1 fully saturated rings. The lowest BCUT2D eigenvalue weighted by atomic mass is 9.94. The number of aryl methyl sites for hydroxylation is 1. The zero-order chi connectivity index (χ0) is 15.4. The van der Waals surface area contributed by atoms with Crippen LogP contribution in [0.5, 0.6) is 0 Å². The van der Waals surface area contributed by atoms with Crippen LogP contribution in [0.25, 0.3) is 0 Å². The third kappa shape index (κ3) is 4.14. The van der Waals surface area contributed by atoms with Crippen molar-refractivity contribution in [3.05, 3.63) is 35.4 Å². The van der Waals surface area contributed by atoms with Crippen molar-refractivity contribution in [2.45, 2.75) is 39.2 Å². The molecule has 1 saturated heterocycles. The van der Waals surface area contributed by atoms with Crippen LogP contribution in [0.1, 0.15) is 37.3 Å². The zero-order valence-electron chi connectivity index (χ0n) is 13.1. The molecule has 2 atom stereocenters. The van der Waals surface area contributed by atoms with E-state index in [1.165, 1.54) is 5.56 Å². The lowest BCUT2D eigenvalue weighted by Crippen LogP contribution is -2.37. The van der Waals surface area contributed by atoms with Crippen LogP contribution in [-0.4, -0.2) is 42.3 Å². The van der Waals surface area contributed by atoms with E-state index in [9.17, 15) is 9.59 Å². The number of hydrogen-bond acceptors (Lipinski definition) is 3. The summed E-state index contributed by atoms with van der Waals surface area (Å²) in [4.78, 5) is 25.1. The molecule has 1 aromatic rings. The van der Waals surface area contributed by atoms with Gasteiger partial charge >= 0.3 is 0 Å². The molecule has 1 heterocycles. The van der Waals surface area contributed by atoms with Crippen LogP contribution in [0.2, 0.25) is 0 Å². The zero-order valence-corrected chi connectivity index (χ0v) is 13.1. The first-order valence-electron chi connectivity index (χ1n) is 7.53. The number of benzene rings is 1. The summed E-state index contributed by atoms with van der Waals surface area (Å²) in [6.07, 6.45) is 0.956. The summed E-state index contributed by atoms with van der Waals surface area (Å²) in [6.45, 7) is 7.47. The Hall–Kier alpha value is -1.68. The SMILES string of the molecule is CC(=O)[C@H](CN[C@H]1CCN(C(C)=O)C1)c1ccc(C)cc1. The first-order chi connectivity index (χ1) is 9.97. The van der Waals surface area contributed by atoms with Crippen molar-refractivity contribution >= 4 is 11.7 Å². The minimum atomic E-state index is -0.114. The minimum Gasteiger partial charge on any atom is -0.341 e. The molecule has 0 unspecified atom stereocenters. The molecule has 0 radical (unpaired) electrons. The van der Waals surface area contributed by atoms with Crippen molar-refractivity contribution in [1.29, 1.82) is 0 Å². The third-order valence-electron chi connectivity index (χ3n) is 4.21. The maximum absolute atomic E-state index is 11.9. The maximum atomic E-state index is 11.9. The second-order valence-electron chi connectivity index (χ2n) is 5.93. The molecule has 1 N–H and O–H groups in total. The number of nitrogens with zero attached hydrogens (tertiary/aromatic N) is 1. The highest BCUT2D eigenvalue weighted by molar-refractivity contribution is 5.83. The molecule has 2 rings (SSSR count). The van der Waals surface area contributed by atoms with E-state index < -0.39 is 0 Å². The molecule has 4 nitrogen and oxygen atoms in total. The van der Waals surface area contributed by atoms with Gasteiger partial charge in [-0.2, -0.15) is 0 Å². The molecule has 0 spiro atoms. The van der Waals surface area contributed by atoms with Crippen molar-refractivity contribution in [3.63, 3.8) is 0 Å². The summed E-state index contributed by atoms with van der Waals surface area (Å²) in [5, 5.41) is 3.45. The van der Waals surface area contributed by atoms with Gasteiger partial charge in [-0.1, -0.05) is 29.8 Å². The van der Waals surface area contributed by atoms with Crippen molar-refractivity contribution in [3.8, 4) is 0 Å². The number of amides is 1. The van der Waals surface area contributed by atoms with Gasteiger partial charge in [0.15, 0.2) is 0 Å². The number of likely N-dealkylation sites (tertiary alicyclic amines) is 1.